The van der Waals surface area contributed by atoms with Gasteiger partial charge in [0.25, 0.3) is 5.69 Å². The highest BCUT2D eigenvalue weighted by Gasteiger charge is 2.16. The van der Waals surface area contributed by atoms with Crippen LogP contribution in [-0.4, -0.2) is 16.6 Å². The van der Waals surface area contributed by atoms with Crippen LogP contribution < -0.4 is 10.6 Å². The molecule has 0 saturated heterocycles. The molecule has 138 valence electrons. The van der Waals surface area contributed by atoms with Gasteiger partial charge in [-0.05, 0) is 50.6 Å². The van der Waals surface area contributed by atoms with Crippen molar-refractivity contribution in [3.63, 3.8) is 0 Å². The van der Waals surface area contributed by atoms with Crippen molar-refractivity contribution in [1.82, 2.24) is 5.32 Å². The minimum absolute atomic E-state index is 0.0648. The molecule has 2 aromatic carbocycles. The van der Waals surface area contributed by atoms with E-state index in [0.717, 1.165) is 5.56 Å². The molecule has 26 heavy (non-hydrogen) atoms. The van der Waals surface area contributed by atoms with Crippen LogP contribution in [0.3, 0.4) is 0 Å². The first-order valence-corrected chi connectivity index (χ1v) is 8.28. The number of ether oxygens (including phenoxy) is 1. The van der Waals surface area contributed by atoms with Gasteiger partial charge in [0, 0.05) is 23.3 Å². The van der Waals surface area contributed by atoms with Gasteiger partial charge in [0.1, 0.15) is 11.3 Å². The zero-order valence-corrected chi connectivity index (χ0v) is 15.5. The number of nitro groups is 1. The van der Waals surface area contributed by atoms with Gasteiger partial charge in [-0.1, -0.05) is 23.7 Å². The van der Waals surface area contributed by atoms with E-state index >= 15 is 0 Å². The third kappa shape index (κ3) is 5.93. The fraction of sp³-hybridized carbons (Fsp3) is 0.278. The lowest BCUT2D eigenvalue weighted by atomic mass is 10.2. The van der Waals surface area contributed by atoms with Gasteiger partial charge in [0.2, 0.25) is 0 Å². The zero-order chi connectivity index (χ0) is 19.3. The molecule has 2 N–H and O–H groups in total. The molecule has 0 heterocycles. The summed E-state index contributed by atoms with van der Waals surface area (Å²) in [5.41, 5.74) is 1.22. The molecule has 1 amide bonds. The number of benzene rings is 2. The van der Waals surface area contributed by atoms with Crippen LogP contribution in [-0.2, 0) is 11.3 Å². The summed E-state index contributed by atoms with van der Waals surface area (Å²) >= 11 is 5.91. The Morgan fingerprint density at radius 2 is 1.85 bits per heavy atom. The number of nitrogens with zero attached hydrogens (tertiary/aromatic N) is 1. The molecule has 7 nitrogen and oxygen atoms in total. The Labute approximate surface area is 156 Å². The average molecular weight is 378 g/mol. The Balaban J connectivity index is 2.01. The molecule has 0 bridgehead atoms. The van der Waals surface area contributed by atoms with E-state index in [4.69, 9.17) is 16.3 Å². The fourth-order valence-corrected chi connectivity index (χ4v) is 2.29. The van der Waals surface area contributed by atoms with Gasteiger partial charge in [-0.2, -0.15) is 0 Å². The summed E-state index contributed by atoms with van der Waals surface area (Å²) in [6.45, 7) is 5.69. The molecule has 8 heteroatoms. The zero-order valence-electron chi connectivity index (χ0n) is 14.7. The highest BCUT2D eigenvalue weighted by atomic mass is 35.5. The maximum absolute atomic E-state index is 11.7. The summed E-state index contributed by atoms with van der Waals surface area (Å²) in [6.07, 6.45) is -0.491. The number of carbonyl (C=O) groups is 1. The summed E-state index contributed by atoms with van der Waals surface area (Å²) < 4.78 is 5.17. The number of anilines is 2. The number of halogens is 1. The molecule has 0 atom stereocenters. The Kier molecular flexibility index (Phi) is 6.05. The molecule has 2 rings (SSSR count). The smallest absolute Gasteiger partial charge is 0.407 e. The van der Waals surface area contributed by atoms with E-state index in [0.29, 0.717) is 22.9 Å². The number of nitro benzene ring substituents is 1. The predicted octanol–water partition coefficient (Wildman–Crippen LogP) is 5.02. The quantitative estimate of drug-likeness (QED) is 0.563. The first-order valence-electron chi connectivity index (χ1n) is 7.91. The second kappa shape index (κ2) is 8.05. The molecule has 0 radical (unpaired) electrons. The van der Waals surface area contributed by atoms with Crippen LogP contribution in [0.4, 0.5) is 21.9 Å². The SMILES string of the molecule is CC(C)(C)OC(=O)NCc1ccc(Nc2cc(Cl)ccc2[N+](=O)[O-])cc1. The average Bonchev–Trinajstić information content (AvgIpc) is 2.52. The third-order valence-corrected chi connectivity index (χ3v) is 3.46. The van der Waals surface area contributed by atoms with Crippen LogP contribution in [0, 0.1) is 10.1 Å². The number of hydrogen-bond acceptors (Lipinski definition) is 5. The van der Waals surface area contributed by atoms with Gasteiger partial charge in [-0.3, -0.25) is 10.1 Å². The van der Waals surface area contributed by atoms with Gasteiger partial charge >= 0.3 is 6.09 Å². The van der Waals surface area contributed by atoms with Crippen molar-refractivity contribution >= 4 is 34.8 Å². The number of nitrogens with one attached hydrogen (secondary N) is 2. The summed E-state index contributed by atoms with van der Waals surface area (Å²) in [5, 5.41) is 17.1. The van der Waals surface area contributed by atoms with Crippen molar-refractivity contribution in [2.45, 2.75) is 32.9 Å². The molecule has 2 aromatic rings. The summed E-state index contributed by atoms with van der Waals surface area (Å²) in [5.74, 6) is 0. The molecule has 0 spiro atoms. The number of carbonyl (C=O) groups excluding carboxylic acids is 1. The summed E-state index contributed by atoms with van der Waals surface area (Å²) in [4.78, 5) is 22.3. The molecule has 0 aliphatic carbocycles. The van der Waals surface area contributed by atoms with Crippen LogP contribution in [0.5, 0.6) is 0 Å². The molecule has 0 aliphatic heterocycles. The molecule has 0 fully saturated rings. The third-order valence-electron chi connectivity index (χ3n) is 3.22. The van der Waals surface area contributed by atoms with Crippen LogP contribution in [0.15, 0.2) is 42.5 Å². The molecule has 0 saturated carbocycles. The number of amides is 1. The summed E-state index contributed by atoms with van der Waals surface area (Å²) in [7, 11) is 0. The first-order chi connectivity index (χ1) is 12.1. The second-order valence-electron chi connectivity index (χ2n) is 6.60. The molecular formula is C18H20ClN3O4. The Morgan fingerprint density at radius 3 is 2.42 bits per heavy atom. The van der Waals surface area contributed by atoms with Gasteiger partial charge in [-0.15, -0.1) is 0 Å². The van der Waals surface area contributed by atoms with E-state index in [2.05, 4.69) is 10.6 Å². The van der Waals surface area contributed by atoms with E-state index in [-0.39, 0.29) is 5.69 Å². The van der Waals surface area contributed by atoms with Crippen LogP contribution in [0.2, 0.25) is 5.02 Å². The maximum atomic E-state index is 11.7. The van der Waals surface area contributed by atoms with Crippen molar-refractivity contribution in [3.05, 3.63) is 63.2 Å². The van der Waals surface area contributed by atoms with Crippen LogP contribution in [0.1, 0.15) is 26.3 Å². The molecule has 0 unspecified atom stereocenters. The predicted molar refractivity (Wildman–Crippen MR) is 101 cm³/mol. The highest BCUT2D eigenvalue weighted by Crippen LogP contribution is 2.30. The van der Waals surface area contributed by atoms with Crippen molar-refractivity contribution < 1.29 is 14.5 Å². The van der Waals surface area contributed by atoms with Crippen molar-refractivity contribution in [2.75, 3.05) is 5.32 Å². The normalized spacial score (nSPS) is 10.9. The standard InChI is InChI=1S/C18H20ClN3O4/c1-18(2,3)26-17(23)20-11-12-4-7-14(8-5-12)21-15-10-13(19)6-9-16(15)22(24)25/h4-10,21H,11H2,1-3H3,(H,20,23). The van der Waals surface area contributed by atoms with E-state index in [9.17, 15) is 14.9 Å². The van der Waals surface area contributed by atoms with E-state index in [1.807, 2.05) is 0 Å². The summed E-state index contributed by atoms with van der Waals surface area (Å²) in [6, 6.07) is 11.4. The topological polar surface area (TPSA) is 93.5 Å². The van der Waals surface area contributed by atoms with Gasteiger partial charge in [0.15, 0.2) is 0 Å². The van der Waals surface area contributed by atoms with Crippen molar-refractivity contribution in [1.29, 1.82) is 0 Å². The fourth-order valence-electron chi connectivity index (χ4n) is 2.12. The minimum Gasteiger partial charge on any atom is -0.444 e. The van der Waals surface area contributed by atoms with E-state index in [1.165, 1.54) is 18.2 Å². The molecule has 0 aromatic heterocycles. The minimum atomic E-state index is -0.552. The number of rotatable bonds is 5. The highest BCUT2D eigenvalue weighted by molar-refractivity contribution is 6.31. The van der Waals surface area contributed by atoms with E-state index in [1.54, 1.807) is 45.0 Å². The largest absolute Gasteiger partial charge is 0.444 e. The van der Waals surface area contributed by atoms with Crippen LogP contribution in [0.25, 0.3) is 0 Å². The Hall–Kier alpha value is -2.80. The monoisotopic (exact) mass is 377 g/mol. The lowest BCUT2D eigenvalue weighted by Crippen LogP contribution is -2.32. The van der Waals surface area contributed by atoms with Crippen molar-refractivity contribution in [3.8, 4) is 0 Å². The maximum Gasteiger partial charge on any atom is 0.407 e. The number of alkyl carbamates (subject to hydrolysis) is 1. The van der Waals surface area contributed by atoms with Gasteiger partial charge in [-0.25, -0.2) is 4.79 Å². The molecular weight excluding hydrogens is 358 g/mol. The Morgan fingerprint density at radius 1 is 1.19 bits per heavy atom. The number of hydrogen-bond donors (Lipinski definition) is 2. The second-order valence-corrected chi connectivity index (χ2v) is 7.03. The molecule has 0 aliphatic rings. The van der Waals surface area contributed by atoms with Gasteiger partial charge in [0.05, 0.1) is 4.92 Å². The van der Waals surface area contributed by atoms with Crippen molar-refractivity contribution in [2.24, 2.45) is 0 Å². The van der Waals surface area contributed by atoms with E-state index < -0.39 is 16.6 Å². The first kappa shape index (κ1) is 19.5. The van der Waals surface area contributed by atoms with Crippen LogP contribution >= 0.6 is 11.6 Å². The van der Waals surface area contributed by atoms with Gasteiger partial charge < -0.3 is 15.4 Å². The lowest BCUT2D eigenvalue weighted by molar-refractivity contribution is -0.383. The lowest BCUT2D eigenvalue weighted by Gasteiger charge is -2.19. The Bertz CT molecular complexity index is 801.